The van der Waals surface area contributed by atoms with E-state index in [1.165, 1.54) is 0 Å². The smallest absolute Gasteiger partial charge is 0.341 e. The molecule has 0 fully saturated rings. The van der Waals surface area contributed by atoms with Gasteiger partial charge in [-0.05, 0) is 45.4 Å². The largest absolute Gasteiger partial charge is 0.493 e. The average molecular weight is 433 g/mol. The van der Waals surface area contributed by atoms with E-state index in [-0.39, 0.29) is 37.0 Å². The third kappa shape index (κ3) is 5.82. The highest BCUT2D eigenvalue weighted by atomic mass is 32.1. The molecular formula is C22H28N2O5S. The number of benzene rings is 1. The van der Waals surface area contributed by atoms with Crippen molar-refractivity contribution >= 4 is 34.1 Å². The fourth-order valence-corrected chi connectivity index (χ4v) is 4.06. The summed E-state index contributed by atoms with van der Waals surface area (Å²) in [6.07, 6.45) is 0.105. The first-order valence-electron chi connectivity index (χ1n) is 10.00. The summed E-state index contributed by atoms with van der Waals surface area (Å²) < 4.78 is 10.7. The van der Waals surface area contributed by atoms with Crippen molar-refractivity contribution < 1.29 is 23.9 Å². The van der Waals surface area contributed by atoms with Crippen molar-refractivity contribution in [3.05, 3.63) is 46.3 Å². The van der Waals surface area contributed by atoms with Gasteiger partial charge in [-0.2, -0.15) is 0 Å². The van der Waals surface area contributed by atoms with Crippen molar-refractivity contribution in [2.45, 2.75) is 34.1 Å². The van der Waals surface area contributed by atoms with Crippen LogP contribution >= 0.6 is 11.3 Å². The molecule has 1 heterocycles. The van der Waals surface area contributed by atoms with E-state index in [0.717, 1.165) is 11.3 Å². The van der Waals surface area contributed by atoms with Gasteiger partial charge >= 0.3 is 5.97 Å². The number of hydrogen-bond acceptors (Lipinski definition) is 6. The Labute approximate surface area is 181 Å². The summed E-state index contributed by atoms with van der Waals surface area (Å²) in [6, 6.07) is 9.20. The van der Waals surface area contributed by atoms with Crippen molar-refractivity contribution in [2.24, 2.45) is 0 Å². The number of esters is 1. The molecule has 8 heteroatoms. The molecule has 0 atom stereocenters. The number of nitrogens with zero attached hydrogens (tertiary/aromatic N) is 1. The predicted octanol–water partition coefficient (Wildman–Crippen LogP) is 4.12. The molecule has 1 aromatic carbocycles. The molecule has 7 nitrogen and oxygen atoms in total. The van der Waals surface area contributed by atoms with Crippen LogP contribution < -0.4 is 10.1 Å². The van der Waals surface area contributed by atoms with Gasteiger partial charge in [0, 0.05) is 13.1 Å². The minimum absolute atomic E-state index is 0.105. The molecule has 0 unspecified atom stereocenters. The Kier molecular flexibility index (Phi) is 8.86. The Bertz CT molecular complexity index is 875. The number of amides is 2. The summed E-state index contributed by atoms with van der Waals surface area (Å²) in [7, 11) is 0. The zero-order valence-corrected chi connectivity index (χ0v) is 18.6. The Hall–Kier alpha value is -2.87. The topological polar surface area (TPSA) is 84.9 Å². The monoisotopic (exact) mass is 432 g/mol. The number of anilines is 1. The highest BCUT2D eigenvalue weighted by molar-refractivity contribution is 7.18. The molecule has 1 N–H and O–H groups in total. The summed E-state index contributed by atoms with van der Waals surface area (Å²) in [6.45, 7) is 8.71. The van der Waals surface area contributed by atoms with E-state index < -0.39 is 5.97 Å². The molecule has 2 amide bonds. The molecule has 0 saturated carbocycles. The molecule has 2 rings (SSSR count). The van der Waals surface area contributed by atoms with E-state index in [1.54, 1.807) is 18.7 Å². The summed E-state index contributed by atoms with van der Waals surface area (Å²) >= 11 is 1.10. The van der Waals surface area contributed by atoms with Crippen molar-refractivity contribution in [2.75, 3.05) is 31.6 Å². The van der Waals surface area contributed by atoms with Crippen LogP contribution in [0.4, 0.5) is 5.00 Å². The van der Waals surface area contributed by atoms with Crippen LogP contribution in [-0.4, -0.2) is 49.0 Å². The first kappa shape index (κ1) is 23.4. The number of carbonyl (C=O) groups is 3. The van der Waals surface area contributed by atoms with Gasteiger partial charge in [0.2, 0.25) is 5.91 Å². The molecule has 2 aromatic rings. The first-order valence-corrected chi connectivity index (χ1v) is 10.8. The van der Waals surface area contributed by atoms with Gasteiger partial charge in [-0.25, -0.2) is 4.79 Å². The highest BCUT2D eigenvalue weighted by Crippen LogP contribution is 2.34. The first-order chi connectivity index (χ1) is 14.4. The lowest BCUT2D eigenvalue weighted by Crippen LogP contribution is -2.30. The molecular weight excluding hydrogens is 404 g/mol. The molecule has 0 aliphatic rings. The van der Waals surface area contributed by atoms with Crippen LogP contribution in [0.1, 0.15) is 52.8 Å². The minimum Gasteiger partial charge on any atom is -0.493 e. The van der Waals surface area contributed by atoms with Crippen molar-refractivity contribution in [3.8, 4) is 5.75 Å². The number of ether oxygens (including phenoxy) is 2. The summed E-state index contributed by atoms with van der Waals surface area (Å²) in [5, 5.41) is 3.08. The summed E-state index contributed by atoms with van der Waals surface area (Å²) in [4.78, 5) is 39.9. The van der Waals surface area contributed by atoms with Crippen molar-refractivity contribution in [1.29, 1.82) is 0 Å². The van der Waals surface area contributed by atoms with Crippen LogP contribution in [0.5, 0.6) is 5.75 Å². The maximum absolute atomic E-state index is 12.8. The number of rotatable bonds is 10. The van der Waals surface area contributed by atoms with Gasteiger partial charge in [0.25, 0.3) is 5.91 Å². The number of para-hydroxylation sites is 1. The second kappa shape index (κ2) is 11.3. The maximum Gasteiger partial charge on any atom is 0.341 e. The molecule has 0 saturated heterocycles. The van der Waals surface area contributed by atoms with Crippen molar-refractivity contribution in [1.82, 2.24) is 4.90 Å². The molecule has 0 aliphatic carbocycles. The Morgan fingerprint density at radius 3 is 2.33 bits per heavy atom. The standard InChI is InChI=1S/C22H28N2O5S/c1-5-24(6-2)21(26)19-15(4)18(22(27)28-7-3)20(30-19)23-17(25)13-14-29-16-11-9-8-10-12-16/h8-12H,5-7,13-14H2,1-4H3,(H,23,25). The Balaban J connectivity index is 2.17. The third-order valence-electron chi connectivity index (χ3n) is 4.47. The Morgan fingerprint density at radius 1 is 1.07 bits per heavy atom. The Morgan fingerprint density at radius 2 is 1.73 bits per heavy atom. The van der Waals surface area contributed by atoms with E-state index in [9.17, 15) is 14.4 Å². The lowest BCUT2D eigenvalue weighted by Gasteiger charge is -2.18. The SMILES string of the molecule is CCOC(=O)c1c(NC(=O)CCOc2ccccc2)sc(C(=O)N(CC)CC)c1C. The van der Waals surface area contributed by atoms with Crippen molar-refractivity contribution in [3.63, 3.8) is 0 Å². The van der Waals surface area contributed by atoms with E-state index in [0.29, 0.717) is 34.3 Å². The van der Waals surface area contributed by atoms with Gasteiger partial charge in [-0.1, -0.05) is 18.2 Å². The predicted molar refractivity (Wildman–Crippen MR) is 117 cm³/mol. The van der Waals surface area contributed by atoms with Gasteiger partial charge in [-0.15, -0.1) is 11.3 Å². The molecule has 30 heavy (non-hydrogen) atoms. The summed E-state index contributed by atoms with van der Waals surface area (Å²) in [5.41, 5.74) is 0.751. The van der Waals surface area contributed by atoms with Gasteiger partial charge in [0.15, 0.2) is 0 Å². The fraction of sp³-hybridized carbons (Fsp3) is 0.409. The van der Waals surface area contributed by atoms with E-state index in [1.807, 2.05) is 44.2 Å². The van der Waals surface area contributed by atoms with E-state index in [2.05, 4.69) is 5.32 Å². The summed E-state index contributed by atoms with van der Waals surface area (Å²) in [5.74, 6) is -0.349. The quantitative estimate of drug-likeness (QED) is 0.571. The molecule has 162 valence electrons. The van der Waals surface area contributed by atoms with Gasteiger partial charge < -0.3 is 19.7 Å². The van der Waals surface area contributed by atoms with Crippen LogP contribution in [-0.2, 0) is 9.53 Å². The van der Waals surface area contributed by atoms with Crippen LogP contribution in [0, 0.1) is 6.92 Å². The van der Waals surface area contributed by atoms with Crippen LogP contribution in [0.25, 0.3) is 0 Å². The molecule has 0 radical (unpaired) electrons. The third-order valence-corrected chi connectivity index (χ3v) is 5.66. The lowest BCUT2D eigenvalue weighted by atomic mass is 10.1. The molecule has 1 aromatic heterocycles. The second-order valence-electron chi connectivity index (χ2n) is 6.42. The highest BCUT2D eigenvalue weighted by Gasteiger charge is 2.28. The number of thiophene rings is 1. The second-order valence-corrected chi connectivity index (χ2v) is 7.44. The number of hydrogen-bond donors (Lipinski definition) is 1. The number of nitrogens with one attached hydrogen (secondary N) is 1. The maximum atomic E-state index is 12.8. The minimum atomic E-state index is -0.555. The van der Waals surface area contributed by atoms with Gasteiger partial charge in [-0.3, -0.25) is 9.59 Å². The average Bonchev–Trinajstić information content (AvgIpc) is 3.05. The van der Waals surface area contributed by atoms with Crippen LogP contribution in [0.2, 0.25) is 0 Å². The molecule has 0 aliphatic heterocycles. The van der Waals surface area contributed by atoms with Crippen LogP contribution in [0.15, 0.2) is 30.3 Å². The van der Waals surface area contributed by atoms with E-state index >= 15 is 0 Å². The zero-order valence-electron chi connectivity index (χ0n) is 17.8. The molecule has 0 spiro atoms. The van der Waals surface area contributed by atoms with Gasteiger partial charge in [0.1, 0.15) is 10.8 Å². The zero-order chi connectivity index (χ0) is 22.1. The van der Waals surface area contributed by atoms with Crippen LogP contribution in [0.3, 0.4) is 0 Å². The normalized spacial score (nSPS) is 10.4. The lowest BCUT2D eigenvalue weighted by molar-refractivity contribution is -0.116. The molecule has 0 bridgehead atoms. The fourth-order valence-electron chi connectivity index (χ4n) is 2.88. The van der Waals surface area contributed by atoms with Gasteiger partial charge in [0.05, 0.1) is 30.1 Å². The number of carbonyl (C=O) groups excluding carboxylic acids is 3. The van der Waals surface area contributed by atoms with E-state index in [4.69, 9.17) is 9.47 Å².